The number of pyridine rings is 1. The van der Waals surface area contributed by atoms with Crippen molar-refractivity contribution in [2.75, 3.05) is 0 Å². The molecule has 0 saturated heterocycles. The number of hydrogen-bond acceptors (Lipinski definition) is 4. The number of nitrogens with one attached hydrogen (secondary N) is 1. The second-order valence-electron chi connectivity index (χ2n) is 5.84. The van der Waals surface area contributed by atoms with Gasteiger partial charge in [0.05, 0.1) is 6.07 Å². The van der Waals surface area contributed by atoms with Crippen molar-refractivity contribution in [3.63, 3.8) is 0 Å². The first kappa shape index (κ1) is 17.4. The van der Waals surface area contributed by atoms with Gasteiger partial charge in [0.2, 0.25) is 5.88 Å². The van der Waals surface area contributed by atoms with Crippen molar-refractivity contribution in [1.29, 1.82) is 5.26 Å². The summed E-state index contributed by atoms with van der Waals surface area (Å²) in [6, 6.07) is 10.7. The molecule has 1 N–H and O–H groups in total. The van der Waals surface area contributed by atoms with E-state index >= 15 is 0 Å². The van der Waals surface area contributed by atoms with Gasteiger partial charge in [-0.2, -0.15) is 5.26 Å². The van der Waals surface area contributed by atoms with Crippen LogP contribution in [0.2, 0.25) is 0 Å². The van der Waals surface area contributed by atoms with Crippen LogP contribution in [0.1, 0.15) is 31.1 Å². The Kier molecular flexibility index (Phi) is 5.14. The first-order valence-corrected chi connectivity index (χ1v) is 7.48. The molecule has 2 rings (SSSR count). The molecule has 2 aromatic rings. The Balaban J connectivity index is 2.27. The fraction of sp³-hybridized carbons (Fsp3) is 0.278. The van der Waals surface area contributed by atoms with Crippen LogP contribution in [0, 0.1) is 23.1 Å². The van der Waals surface area contributed by atoms with Gasteiger partial charge in [-0.05, 0) is 49.2 Å². The molecule has 0 fully saturated rings. The Morgan fingerprint density at radius 3 is 2.58 bits per heavy atom. The van der Waals surface area contributed by atoms with Crippen LogP contribution in [0.15, 0.2) is 42.6 Å². The van der Waals surface area contributed by atoms with Crippen molar-refractivity contribution in [2.24, 2.45) is 5.92 Å². The number of carbonyl (C=O) groups excluding carboxylic acids is 1. The average Bonchev–Trinajstić information content (AvgIpc) is 2.57. The predicted octanol–water partition coefficient (Wildman–Crippen LogP) is 3.68. The van der Waals surface area contributed by atoms with Gasteiger partial charge in [0, 0.05) is 6.20 Å². The number of hydrogen-bond donors (Lipinski definition) is 1. The van der Waals surface area contributed by atoms with E-state index in [1.54, 1.807) is 19.1 Å². The zero-order valence-electron chi connectivity index (χ0n) is 13.7. The summed E-state index contributed by atoms with van der Waals surface area (Å²) >= 11 is 0. The molecule has 0 bridgehead atoms. The average molecular weight is 327 g/mol. The van der Waals surface area contributed by atoms with Gasteiger partial charge in [-0.15, -0.1) is 0 Å². The lowest BCUT2D eigenvalue weighted by Crippen LogP contribution is -2.48. The Hall–Kier alpha value is -2.94. The molecule has 0 aliphatic rings. The van der Waals surface area contributed by atoms with Gasteiger partial charge in [-0.3, -0.25) is 4.79 Å². The molecule has 0 aliphatic heterocycles. The number of nitriles is 1. The van der Waals surface area contributed by atoms with Gasteiger partial charge in [0.15, 0.2) is 0 Å². The SMILES string of the molecule is CC(C)[C@@](C)(C#N)NC(=O)c1cccnc1Oc1ccc(F)cc1. The topological polar surface area (TPSA) is 75.0 Å². The lowest BCUT2D eigenvalue weighted by Gasteiger charge is -2.27. The Morgan fingerprint density at radius 1 is 1.33 bits per heavy atom. The lowest BCUT2D eigenvalue weighted by molar-refractivity contribution is 0.0905. The van der Waals surface area contributed by atoms with E-state index in [0.717, 1.165) is 0 Å². The number of amides is 1. The summed E-state index contributed by atoms with van der Waals surface area (Å²) in [5, 5.41) is 12.0. The smallest absolute Gasteiger partial charge is 0.258 e. The van der Waals surface area contributed by atoms with Crippen molar-refractivity contribution in [1.82, 2.24) is 10.3 Å². The summed E-state index contributed by atoms with van der Waals surface area (Å²) in [5.74, 6) is -0.479. The molecule has 0 unspecified atom stereocenters. The summed E-state index contributed by atoms with van der Waals surface area (Å²) < 4.78 is 18.5. The summed E-state index contributed by atoms with van der Waals surface area (Å²) in [4.78, 5) is 16.6. The molecule has 1 heterocycles. The van der Waals surface area contributed by atoms with Gasteiger partial charge in [-0.25, -0.2) is 9.37 Å². The van der Waals surface area contributed by atoms with E-state index in [9.17, 15) is 14.4 Å². The molecule has 0 spiro atoms. The third-order valence-corrected chi connectivity index (χ3v) is 3.80. The molecular weight excluding hydrogens is 309 g/mol. The molecule has 1 atom stereocenters. The zero-order chi connectivity index (χ0) is 17.7. The van der Waals surface area contributed by atoms with Crippen LogP contribution in [0.25, 0.3) is 0 Å². The zero-order valence-corrected chi connectivity index (χ0v) is 13.7. The van der Waals surface area contributed by atoms with Gasteiger partial charge in [-0.1, -0.05) is 13.8 Å². The van der Waals surface area contributed by atoms with Crippen molar-refractivity contribution in [3.05, 3.63) is 54.0 Å². The van der Waals surface area contributed by atoms with E-state index in [4.69, 9.17) is 4.74 Å². The number of halogens is 1. The lowest BCUT2D eigenvalue weighted by atomic mass is 9.90. The molecule has 1 aromatic carbocycles. The Morgan fingerprint density at radius 2 is 2.00 bits per heavy atom. The summed E-state index contributed by atoms with van der Waals surface area (Å²) in [6.45, 7) is 5.36. The highest BCUT2D eigenvalue weighted by Gasteiger charge is 2.31. The minimum atomic E-state index is -1.01. The van der Waals surface area contributed by atoms with Crippen molar-refractivity contribution in [2.45, 2.75) is 26.3 Å². The summed E-state index contributed by atoms with van der Waals surface area (Å²) in [5.41, 5.74) is -0.816. The number of aromatic nitrogens is 1. The number of rotatable bonds is 5. The van der Waals surface area contributed by atoms with Crippen molar-refractivity contribution in [3.8, 4) is 17.7 Å². The fourth-order valence-corrected chi connectivity index (χ4v) is 1.86. The molecule has 6 heteroatoms. The fourth-order valence-electron chi connectivity index (χ4n) is 1.86. The van der Waals surface area contributed by atoms with E-state index in [2.05, 4.69) is 16.4 Å². The molecule has 124 valence electrons. The number of ether oxygens (including phenoxy) is 1. The standard InChI is InChI=1S/C18H18FN3O2/c1-12(2)18(3,11-20)22-16(23)15-5-4-10-21-17(15)24-14-8-6-13(19)7-9-14/h4-10,12H,1-3H3,(H,22,23)/t18-/m1/s1. The van der Waals surface area contributed by atoms with Crippen LogP contribution in [0.3, 0.4) is 0 Å². The number of benzene rings is 1. The minimum Gasteiger partial charge on any atom is -0.438 e. The van der Waals surface area contributed by atoms with Crippen LogP contribution >= 0.6 is 0 Å². The third kappa shape index (κ3) is 3.87. The van der Waals surface area contributed by atoms with E-state index in [1.165, 1.54) is 30.5 Å². The van der Waals surface area contributed by atoms with Crippen LogP contribution in [0.5, 0.6) is 11.6 Å². The van der Waals surface area contributed by atoms with Crippen LogP contribution in [-0.4, -0.2) is 16.4 Å². The molecule has 0 radical (unpaired) electrons. The molecule has 0 saturated carbocycles. The maximum Gasteiger partial charge on any atom is 0.258 e. The molecule has 1 aromatic heterocycles. The van der Waals surface area contributed by atoms with E-state index in [0.29, 0.717) is 5.75 Å². The molecule has 24 heavy (non-hydrogen) atoms. The third-order valence-electron chi connectivity index (χ3n) is 3.80. The van der Waals surface area contributed by atoms with E-state index in [1.807, 2.05) is 13.8 Å². The highest BCUT2D eigenvalue weighted by atomic mass is 19.1. The van der Waals surface area contributed by atoms with Gasteiger partial charge < -0.3 is 10.1 Å². The summed E-state index contributed by atoms with van der Waals surface area (Å²) in [6.07, 6.45) is 1.49. The second kappa shape index (κ2) is 7.09. The van der Waals surface area contributed by atoms with E-state index < -0.39 is 11.4 Å². The minimum absolute atomic E-state index is 0.0791. The van der Waals surface area contributed by atoms with Gasteiger partial charge in [0.25, 0.3) is 5.91 Å². The molecule has 1 amide bonds. The number of nitrogens with zero attached hydrogens (tertiary/aromatic N) is 2. The van der Waals surface area contributed by atoms with Crippen LogP contribution in [0.4, 0.5) is 4.39 Å². The monoisotopic (exact) mass is 327 g/mol. The normalized spacial score (nSPS) is 13.0. The van der Waals surface area contributed by atoms with Gasteiger partial charge in [0.1, 0.15) is 22.7 Å². The molecular formula is C18H18FN3O2. The maximum atomic E-state index is 13.0. The second-order valence-corrected chi connectivity index (χ2v) is 5.84. The highest BCUT2D eigenvalue weighted by molar-refractivity contribution is 5.97. The maximum absolute atomic E-state index is 13.0. The number of carbonyl (C=O) groups is 1. The van der Waals surface area contributed by atoms with Crippen molar-refractivity contribution < 1.29 is 13.9 Å². The van der Waals surface area contributed by atoms with E-state index in [-0.39, 0.29) is 23.2 Å². The summed E-state index contributed by atoms with van der Waals surface area (Å²) in [7, 11) is 0. The van der Waals surface area contributed by atoms with Crippen molar-refractivity contribution >= 4 is 5.91 Å². The Labute approximate surface area is 140 Å². The molecule has 5 nitrogen and oxygen atoms in total. The first-order valence-electron chi connectivity index (χ1n) is 7.48. The largest absolute Gasteiger partial charge is 0.438 e. The first-order chi connectivity index (χ1) is 11.4. The van der Waals surface area contributed by atoms with Crippen LogP contribution < -0.4 is 10.1 Å². The van der Waals surface area contributed by atoms with Gasteiger partial charge >= 0.3 is 0 Å². The molecule has 0 aliphatic carbocycles. The predicted molar refractivity (Wildman–Crippen MR) is 87.0 cm³/mol. The van der Waals surface area contributed by atoms with Crippen LogP contribution in [-0.2, 0) is 0 Å². The highest BCUT2D eigenvalue weighted by Crippen LogP contribution is 2.24. The quantitative estimate of drug-likeness (QED) is 0.909. The Bertz CT molecular complexity index is 769.